The van der Waals surface area contributed by atoms with Crippen molar-refractivity contribution in [2.24, 2.45) is 5.92 Å². The first-order valence-corrected chi connectivity index (χ1v) is 4.56. The minimum absolute atomic E-state index is 0.767. The average molecular weight is 170 g/mol. The molecule has 0 fully saturated rings. The molecule has 0 radical (unpaired) electrons. The van der Waals surface area contributed by atoms with Crippen LogP contribution in [-0.4, -0.2) is 11.1 Å². The first-order chi connectivity index (χ1) is 5.66. The van der Waals surface area contributed by atoms with Crippen LogP contribution in [0.5, 0.6) is 0 Å². The lowest BCUT2D eigenvalue weighted by Crippen LogP contribution is -1.91. The molecule has 1 unspecified atom stereocenters. The standard InChI is InChI=1S/C10H18O2/c1-3-9(2)7-5-4-6-8-10(11)12/h6,8-9H,3-5,7H2,1-2H3,(H,11,12). The monoisotopic (exact) mass is 170 g/mol. The molecule has 0 amide bonds. The summed E-state index contributed by atoms with van der Waals surface area (Å²) in [5.41, 5.74) is 0. The van der Waals surface area contributed by atoms with Crippen LogP contribution in [0.4, 0.5) is 0 Å². The zero-order valence-corrected chi connectivity index (χ0v) is 7.92. The second-order valence-electron chi connectivity index (χ2n) is 3.18. The van der Waals surface area contributed by atoms with Gasteiger partial charge in [0, 0.05) is 6.08 Å². The second kappa shape index (κ2) is 6.89. The number of carboxylic acids is 1. The number of unbranched alkanes of at least 4 members (excludes halogenated alkanes) is 1. The van der Waals surface area contributed by atoms with Gasteiger partial charge in [0.15, 0.2) is 0 Å². The highest BCUT2D eigenvalue weighted by atomic mass is 16.4. The van der Waals surface area contributed by atoms with Gasteiger partial charge < -0.3 is 5.11 Å². The first kappa shape index (κ1) is 11.2. The van der Waals surface area contributed by atoms with E-state index >= 15 is 0 Å². The van der Waals surface area contributed by atoms with Crippen molar-refractivity contribution in [2.45, 2.75) is 39.5 Å². The zero-order chi connectivity index (χ0) is 9.40. The van der Waals surface area contributed by atoms with E-state index in [-0.39, 0.29) is 0 Å². The van der Waals surface area contributed by atoms with E-state index in [2.05, 4.69) is 13.8 Å². The first-order valence-electron chi connectivity index (χ1n) is 4.56. The van der Waals surface area contributed by atoms with E-state index in [0.717, 1.165) is 18.8 Å². The average Bonchev–Trinajstić information content (AvgIpc) is 2.03. The van der Waals surface area contributed by atoms with Gasteiger partial charge in [-0.25, -0.2) is 4.79 Å². The lowest BCUT2D eigenvalue weighted by atomic mass is 10.0. The maximum atomic E-state index is 10.1. The van der Waals surface area contributed by atoms with Crippen LogP contribution < -0.4 is 0 Å². The molecule has 2 nitrogen and oxygen atoms in total. The van der Waals surface area contributed by atoms with Crippen LogP contribution in [0, 0.1) is 5.92 Å². The van der Waals surface area contributed by atoms with E-state index in [0.29, 0.717) is 0 Å². The summed E-state index contributed by atoms with van der Waals surface area (Å²) in [6, 6.07) is 0. The molecule has 0 aromatic heterocycles. The van der Waals surface area contributed by atoms with Crippen molar-refractivity contribution in [3.8, 4) is 0 Å². The third-order valence-electron chi connectivity index (χ3n) is 2.03. The molecule has 1 N–H and O–H groups in total. The SMILES string of the molecule is CCC(C)CCCC=CC(=O)O. The topological polar surface area (TPSA) is 37.3 Å². The van der Waals surface area contributed by atoms with Crippen LogP contribution >= 0.6 is 0 Å². The predicted octanol–water partition coefficient (Wildman–Crippen LogP) is 2.84. The van der Waals surface area contributed by atoms with Crippen LogP contribution in [0.2, 0.25) is 0 Å². The van der Waals surface area contributed by atoms with Gasteiger partial charge in [0.2, 0.25) is 0 Å². The fourth-order valence-corrected chi connectivity index (χ4v) is 0.972. The Hall–Kier alpha value is -0.790. The van der Waals surface area contributed by atoms with Gasteiger partial charge in [0.1, 0.15) is 0 Å². The minimum atomic E-state index is -0.849. The molecule has 2 heteroatoms. The molecule has 0 aliphatic carbocycles. The summed E-state index contributed by atoms with van der Waals surface area (Å²) in [5.74, 6) is -0.0817. The van der Waals surface area contributed by atoms with E-state index in [1.807, 2.05) is 0 Å². The summed E-state index contributed by atoms with van der Waals surface area (Å²) in [6.07, 6.45) is 7.33. The Morgan fingerprint density at radius 3 is 2.75 bits per heavy atom. The molecule has 12 heavy (non-hydrogen) atoms. The molecular weight excluding hydrogens is 152 g/mol. The Kier molecular flexibility index (Phi) is 6.44. The van der Waals surface area contributed by atoms with Crippen molar-refractivity contribution in [3.63, 3.8) is 0 Å². The van der Waals surface area contributed by atoms with Crippen LogP contribution in [0.25, 0.3) is 0 Å². The molecule has 0 spiro atoms. The minimum Gasteiger partial charge on any atom is -0.478 e. The molecule has 1 atom stereocenters. The Bertz CT molecular complexity index is 150. The highest BCUT2D eigenvalue weighted by Gasteiger charge is 1.96. The summed E-state index contributed by atoms with van der Waals surface area (Å²) in [6.45, 7) is 4.40. The summed E-state index contributed by atoms with van der Waals surface area (Å²) in [7, 11) is 0. The van der Waals surface area contributed by atoms with Crippen LogP contribution in [-0.2, 0) is 4.79 Å². The van der Waals surface area contributed by atoms with Crippen LogP contribution in [0.1, 0.15) is 39.5 Å². The normalized spacial score (nSPS) is 13.5. The van der Waals surface area contributed by atoms with Crippen molar-refractivity contribution < 1.29 is 9.90 Å². The number of allylic oxidation sites excluding steroid dienone is 1. The molecule has 0 rings (SSSR count). The van der Waals surface area contributed by atoms with E-state index in [1.165, 1.54) is 18.9 Å². The number of aliphatic carboxylic acids is 1. The van der Waals surface area contributed by atoms with Gasteiger partial charge in [0.05, 0.1) is 0 Å². The number of carboxylic acid groups (broad SMARTS) is 1. The summed E-state index contributed by atoms with van der Waals surface area (Å²) in [4.78, 5) is 10.1. The zero-order valence-electron chi connectivity index (χ0n) is 7.92. The third kappa shape index (κ3) is 7.32. The predicted molar refractivity (Wildman–Crippen MR) is 50.1 cm³/mol. The molecule has 0 saturated carbocycles. The molecule has 0 aliphatic rings. The quantitative estimate of drug-likeness (QED) is 0.491. The molecule has 0 aliphatic heterocycles. The fourth-order valence-electron chi connectivity index (χ4n) is 0.972. The number of rotatable bonds is 6. The van der Waals surface area contributed by atoms with E-state index in [9.17, 15) is 4.79 Å². The fraction of sp³-hybridized carbons (Fsp3) is 0.700. The van der Waals surface area contributed by atoms with E-state index < -0.39 is 5.97 Å². The van der Waals surface area contributed by atoms with Gasteiger partial charge >= 0.3 is 5.97 Å². The lowest BCUT2D eigenvalue weighted by molar-refractivity contribution is -0.131. The number of carbonyl (C=O) groups is 1. The Balaban J connectivity index is 3.26. The van der Waals surface area contributed by atoms with Crippen molar-refractivity contribution in [1.29, 1.82) is 0 Å². The number of hydrogen-bond acceptors (Lipinski definition) is 1. The van der Waals surface area contributed by atoms with Gasteiger partial charge in [-0.2, -0.15) is 0 Å². The highest BCUT2D eigenvalue weighted by molar-refractivity contribution is 5.79. The summed E-state index contributed by atoms with van der Waals surface area (Å²) >= 11 is 0. The summed E-state index contributed by atoms with van der Waals surface area (Å²) in [5, 5.41) is 8.28. The second-order valence-corrected chi connectivity index (χ2v) is 3.18. The maximum absolute atomic E-state index is 10.1. The van der Waals surface area contributed by atoms with E-state index in [4.69, 9.17) is 5.11 Å². The van der Waals surface area contributed by atoms with Crippen molar-refractivity contribution >= 4 is 5.97 Å². The van der Waals surface area contributed by atoms with Crippen LogP contribution in [0.15, 0.2) is 12.2 Å². The Labute approximate surface area is 74.3 Å². The van der Waals surface area contributed by atoms with Crippen LogP contribution in [0.3, 0.4) is 0 Å². The van der Waals surface area contributed by atoms with Gasteiger partial charge in [-0.3, -0.25) is 0 Å². The smallest absolute Gasteiger partial charge is 0.327 e. The van der Waals surface area contributed by atoms with Crippen molar-refractivity contribution in [1.82, 2.24) is 0 Å². The van der Waals surface area contributed by atoms with E-state index in [1.54, 1.807) is 6.08 Å². The van der Waals surface area contributed by atoms with Crippen molar-refractivity contribution in [2.75, 3.05) is 0 Å². The summed E-state index contributed by atoms with van der Waals surface area (Å²) < 4.78 is 0. The maximum Gasteiger partial charge on any atom is 0.327 e. The Morgan fingerprint density at radius 1 is 1.58 bits per heavy atom. The van der Waals surface area contributed by atoms with Gasteiger partial charge in [-0.15, -0.1) is 0 Å². The Morgan fingerprint density at radius 2 is 2.25 bits per heavy atom. The molecule has 0 bridgehead atoms. The van der Waals surface area contributed by atoms with Gasteiger partial charge in [-0.1, -0.05) is 32.8 Å². The molecule has 70 valence electrons. The molecule has 0 aromatic rings. The van der Waals surface area contributed by atoms with Crippen molar-refractivity contribution in [3.05, 3.63) is 12.2 Å². The molecule has 0 aromatic carbocycles. The lowest BCUT2D eigenvalue weighted by Gasteiger charge is -2.04. The highest BCUT2D eigenvalue weighted by Crippen LogP contribution is 2.10. The molecular formula is C10H18O2. The number of hydrogen-bond donors (Lipinski definition) is 1. The third-order valence-corrected chi connectivity index (χ3v) is 2.03. The van der Waals surface area contributed by atoms with Gasteiger partial charge in [0.25, 0.3) is 0 Å². The molecule has 0 saturated heterocycles. The largest absolute Gasteiger partial charge is 0.478 e. The van der Waals surface area contributed by atoms with Gasteiger partial charge in [-0.05, 0) is 18.8 Å². The molecule has 0 heterocycles.